The Bertz CT molecular complexity index is 653. The van der Waals surface area contributed by atoms with E-state index in [-0.39, 0.29) is 21.1 Å². The molecule has 0 fully saturated rings. The lowest BCUT2D eigenvalue weighted by atomic mass is 10.2. The molecule has 1 heterocycles. The third-order valence-electron chi connectivity index (χ3n) is 2.08. The average Bonchev–Trinajstić information content (AvgIpc) is 2.23. The minimum Gasteiger partial charge on any atom is -0.321 e. The van der Waals surface area contributed by atoms with Crippen LogP contribution in [0.1, 0.15) is 0 Å². The van der Waals surface area contributed by atoms with Gasteiger partial charge < -0.3 is 4.98 Å². The molecule has 1 N–H and O–H groups in total. The molecule has 0 saturated heterocycles. The van der Waals surface area contributed by atoms with Crippen LogP contribution in [0.4, 0.5) is 10.1 Å². The van der Waals surface area contributed by atoms with Gasteiger partial charge in [0.15, 0.2) is 0 Å². The first kappa shape index (κ1) is 10.7. The SMILES string of the molecule is O=c1ccc2c([N+](=O)[O-])cc(F)c(Br)c2[nH]1. The van der Waals surface area contributed by atoms with E-state index in [2.05, 4.69) is 20.9 Å². The van der Waals surface area contributed by atoms with Crippen LogP contribution < -0.4 is 5.56 Å². The van der Waals surface area contributed by atoms with Gasteiger partial charge in [-0.2, -0.15) is 0 Å². The molecule has 1 aromatic carbocycles. The highest BCUT2D eigenvalue weighted by atomic mass is 79.9. The Hall–Kier alpha value is -1.76. The summed E-state index contributed by atoms with van der Waals surface area (Å²) >= 11 is 2.93. The maximum absolute atomic E-state index is 13.3. The zero-order valence-corrected chi connectivity index (χ0v) is 9.25. The van der Waals surface area contributed by atoms with E-state index in [4.69, 9.17) is 0 Å². The number of rotatable bonds is 1. The van der Waals surface area contributed by atoms with Gasteiger partial charge >= 0.3 is 0 Å². The van der Waals surface area contributed by atoms with Gasteiger partial charge in [-0.1, -0.05) is 0 Å². The van der Waals surface area contributed by atoms with Gasteiger partial charge in [0.05, 0.1) is 26.4 Å². The molecule has 0 unspecified atom stereocenters. The summed E-state index contributed by atoms with van der Waals surface area (Å²) in [6.45, 7) is 0. The first-order chi connectivity index (χ1) is 7.50. The van der Waals surface area contributed by atoms with Crippen molar-refractivity contribution < 1.29 is 9.31 Å². The highest BCUT2D eigenvalue weighted by molar-refractivity contribution is 9.10. The Balaban J connectivity index is 3.00. The Morgan fingerprint density at radius 2 is 2.12 bits per heavy atom. The normalized spacial score (nSPS) is 10.6. The smallest absolute Gasteiger partial charge is 0.281 e. The van der Waals surface area contributed by atoms with Crippen LogP contribution in [0, 0.1) is 15.9 Å². The molecule has 1 aromatic heterocycles. The number of benzene rings is 1. The summed E-state index contributed by atoms with van der Waals surface area (Å²) in [6, 6.07) is 3.25. The van der Waals surface area contributed by atoms with Crippen LogP contribution in [0.3, 0.4) is 0 Å². The van der Waals surface area contributed by atoms with Gasteiger partial charge in [0.1, 0.15) is 5.82 Å². The summed E-state index contributed by atoms with van der Waals surface area (Å²) in [4.78, 5) is 23.4. The molecule has 0 aliphatic heterocycles. The van der Waals surface area contributed by atoms with E-state index in [0.717, 1.165) is 12.1 Å². The van der Waals surface area contributed by atoms with Gasteiger partial charge in [-0.3, -0.25) is 14.9 Å². The average molecular weight is 287 g/mol. The number of nitro groups is 1. The van der Waals surface area contributed by atoms with Crippen LogP contribution in [0.5, 0.6) is 0 Å². The molecule has 0 radical (unpaired) electrons. The molecule has 16 heavy (non-hydrogen) atoms. The molecular weight excluding hydrogens is 283 g/mol. The van der Waals surface area contributed by atoms with Gasteiger partial charge in [0, 0.05) is 6.07 Å². The molecule has 0 aliphatic rings. The number of hydrogen-bond donors (Lipinski definition) is 1. The predicted octanol–water partition coefficient (Wildman–Crippen LogP) is 2.34. The van der Waals surface area contributed by atoms with Crippen molar-refractivity contribution in [2.75, 3.05) is 0 Å². The van der Waals surface area contributed by atoms with E-state index in [1.54, 1.807) is 0 Å². The Labute approximate surface area is 96.2 Å². The molecule has 2 rings (SSSR count). The third-order valence-corrected chi connectivity index (χ3v) is 2.86. The number of pyridine rings is 1. The molecule has 0 aliphatic carbocycles. The van der Waals surface area contributed by atoms with Gasteiger partial charge in [0.25, 0.3) is 5.69 Å². The van der Waals surface area contributed by atoms with Crippen molar-refractivity contribution in [1.82, 2.24) is 4.98 Å². The number of nitrogens with zero attached hydrogens (tertiary/aromatic N) is 1. The number of halogens is 2. The standard InChI is InChI=1S/C9H4BrFN2O3/c10-8-5(11)3-6(13(15)16)4-1-2-7(14)12-9(4)8/h1-3H,(H,12,14). The van der Waals surface area contributed by atoms with Crippen molar-refractivity contribution in [1.29, 1.82) is 0 Å². The number of nitro benzene ring substituents is 1. The maximum atomic E-state index is 13.3. The lowest BCUT2D eigenvalue weighted by molar-refractivity contribution is -0.383. The Morgan fingerprint density at radius 3 is 2.75 bits per heavy atom. The highest BCUT2D eigenvalue weighted by Gasteiger charge is 2.18. The lowest BCUT2D eigenvalue weighted by Gasteiger charge is -2.02. The van der Waals surface area contributed by atoms with Gasteiger partial charge in [0.2, 0.25) is 5.56 Å². The fourth-order valence-corrected chi connectivity index (χ4v) is 1.82. The molecule has 0 amide bonds. The molecule has 0 saturated carbocycles. The van der Waals surface area contributed by atoms with E-state index in [9.17, 15) is 19.3 Å². The van der Waals surface area contributed by atoms with E-state index >= 15 is 0 Å². The van der Waals surface area contributed by atoms with E-state index in [1.165, 1.54) is 6.07 Å². The van der Waals surface area contributed by atoms with E-state index in [1.807, 2.05) is 0 Å². The zero-order valence-electron chi connectivity index (χ0n) is 7.66. The summed E-state index contributed by atoms with van der Waals surface area (Å²) in [6.07, 6.45) is 0. The number of nitrogens with one attached hydrogen (secondary N) is 1. The first-order valence-electron chi connectivity index (χ1n) is 4.16. The highest BCUT2D eigenvalue weighted by Crippen LogP contribution is 2.31. The molecular formula is C9H4BrFN2O3. The van der Waals surface area contributed by atoms with E-state index < -0.39 is 16.3 Å². The van der Waals surface area contributed by atoms with Crippen molar-refractivity contribution in [3.63, 3.8) is 0 Å². The molecule has 5 nitrogen and oxygen atoms in total. The number of hydrogen-bond acceptors (Lipinski definition) is 3. The second-order valence-corrected chi connectivity index (χ2v) is 3.85. The molecule has 0 atom stereocenters. The quantitative estimate of drug-likeness (QED) is 0.646. The van der Waals surface area contributed by atoms with Crippen molar-refractivity contribution in [3.8, 4) is 0 Å². The summed E-state index contributed by atoms with van der Waals surface area (Å²) in [5.41, 5.74) is -0.751. The van der Waals surface area contributed by atoms with Gasteiger partial charge in [-0.15, -0.1) is 0 Å². The van der Waals surface area contributed by atoms with Crippen LogP contribution in [0.25, 0.3) is 10.9 Å². The minimum atomic E-state index is -0.791. The van der Waals surface area contributed by atoms with Crippen molar-refractivity contribution in [3.05, 3.63) is 49.0 Å². The number of fused-ring (bicyclic) bond motifs is 1. The number of non-ortho nitro benzene ring substituents is 1. The Morgan fingerprint density at radius 1 is 1.44 bits per heavy atom. The van der Waals surface area contributed by atoms with Crippen LogP contribution in [0.2, 0.25) is 0 Å². The van der Waals surface area contributed by atoms with Crippen molar-refractivity contribution in [2.24, 2.45) is 0 Å². The molecule has 0 bridgehead atoms. The number of aromatic nitrogens is 1. The first-order valence-corrected chi connectivity index (χ1v) is 4.95. The summed E-state index contributed by atoms with van der Waals surface area (Å²) < 4.78 is 13.3. The maximum Gasteiger partial charge on any atom is 0.281 e. The minimum absolute atomic E-state index is 0.00537. The zero-order chi connectivity index (χ0) is 11.9. The second kappa shape index (κ2) is 3.67. The van der Waals surface area contributed by atoms with E-state index in [0.29, 0.717) is 0 Å². The van der Waals surface area contributed by atoms with Crippen molar-refractivity contribution in [2.45, 2.75) is 0 Å². The Kier molecular flexibility index (Phi) is 2.47. The molecule has 2 aromatic rings. The molecule has 0 spiro atoms. The van der Waals surface area contributed by atoms with Crippen LogP contribution in [-0.2, 0) is 0 Å². The predicted molar refractivity (Wildman–Crippen MR) is 58.9 cm³/mol. The number of aromatic amines is 1. The topological polar surface area (TPSA) is 76.0 Å². The summed E-state index contributed by atoms with van der Waals surface area (Å²) in [5, 5.41) is 10.9. The van der Waals surface area contributed by atoms with Crippen LogP contribution in [0.15, 0.2) is 27.5 Å². The van der Waals surface area contributed by atoms with Gasteiger partial charge in [-0.05, 0) is 22.0 Å². The largest absolute Gasteiger partial charge is 0.321 e. The summed E-state index contributed by atoms with van der Waals surface area (Å²) in [7, 11) is 0. The van der Waals surface area contributed by atoms with Crippen molar-refractivity contribution >= 4 is 32.5 Å². The summed E-state index contributed by atoms with van der Waals surface area (Å²) in [5.74, 6) is -0.791. The second-order valence-electron chi connectivity index (χ2n) is 3.06. The molecule has 7 heteroatoms. The van der Waals surface area contributed by atoms with Crippen LogP contribution in [-0.4, -0.2) is 9.91 Å². The van der Waals surface area contributed by atoms with Crippen LogP contribution >= 0.6 is 15.9 Å². The fraction of sp³-hybridized carbons (Fsp3) is 0. The molecule has 82 valence electrons. The van der Waals surface area contributed by atoms with Gasteiger partial charge in [-0.25, -0.2) is 4.39 Å². The lowest BCUT2D eigenvalue weighted by Crippen LogP contribution is -2.04. The fourth-order valence-electron chi connectivity index (χ4n) is 1.39. The third kappa shape index (κ3) is 1.58. The number of H-pyrrole nitrogens is 1. The monoisotopic (exact) mass is 286 g/mol.